The first-order valence-corrected chi connectivity index (χ1v) is 13.4. The summed E-state index contributed by atoms with van der Waals surface area (Å²) in [5, 5.41) is 13.5. The summed E-state index contributed by atoms with van der Waals surface area (Å²) in [5.41, 5.74) is 0. The molecule has 1 aliphatic rings. The van der Waals surface area contributed by atoms with Gasteiger partial charge in [-0.2, -0.15) is 6.08 Å². The van der Waals surface area contributed by atoms with Crippen molar-refractivity contribution in [2.24, 2.45) is 0 Å². The first-order valence-electron chi connectivity index (χ1n) is 13.4. The van der Waals surface area contributed by atoms with Gasteiger partial charge < -0.3 is 16.0 Å². The van der Waals surface area contributed by atoms with Crippen LogP contribution < -0.4 is 0 Å². The molecule has 0 heterocycles. The summed E-state index contributed by atoms with van der Waals surface area (Å²) in [4.78, 5) is 0. The Bertz CT molecular complexity index is 335. The van der Waals surface area contributed by atoms with Gasteiger partial charge >= 0.3 is 21.7 Å². The van der Waals surface area contributed by atoms with E-state index in [0.717, 1.165) is 6.42 Å². The van der Waals surface area contributed by atoms with Crippen LogP contribution in [0.3, 0.4) is 0 Å². The fraction of sp³-hybridized carbons (Fsp3) is 0.862. The number of hydrogen-bond donors (Lipinski definition) is 0. The standard InChI is InChI=1S/3C8H18N.C5H5.Ti/c3*1-5-7(3)9-8(4)6-2;1-2-4-5-3-1;/h3*7-8H,5-6H2,1-4H3;1-3H,4H2;/q4*-1;+4. The zero-order valence-electron chi connectivity index (χ0n) is 24.5. The smallest absolute Gasteiger partial charge is 0.657 e. The van der Waals surface area contributed by atoms with Crippen LogP contribution in [0.1, 0.15) is 128 Å². The van der Waals surface area contributed by atoms with Crippen molar-refractivity contribution in [3.8, 4) is 0 Å². The molecule has 0 aromatic heterocycles. The number of rotatable bonds is 12. The van der Waals surface area contributed by atoms with Crippen molar-refractivity contribution in [2.75, 3.05) is 0 Å². The van der Waals surface area contributed by atoms with Crippen LogP contribution in [0, 0.1) is 6.08 Å². The van der Waals surface area contributed by atoms with Gasteiger partial charge in [-0.1, -0.05) is 122 Å². The van der Waals surface area contributed by atoms with E-state index in [-0.39, 0.29) is 21.7 Å². The summed E-state index contributed by atoms with van der Waals surface area (Å²) >= 11 is 0. The van der Waals surface area contributed by atoms with Gasteiger partial charge in [-0.05, 0) is 0 Å². The summed E-state index contributed by atoms with van der Waals surface area (Å²) < 4.78 is 0. The number of allylic oxidation sites excluding steroid dienone is 4. The molecule has 0 fully saturated rings. The SMILES string of the molecule is CCC(C)[N-]C(C)CC.CCC(C)[N-]C(C)CC.CCC(C)[N-]C(C)CC.[C-]1=CC=CC1.[Ti+4]. The van der Waals surface area contributed by atoms with E-state index < -0.39 is 0 Å². The van der Waals surface area contributed by atoms with Crippen LogP contribution in [0.25, 0.3) is 16.0 Å². The fourth-order valence-electron chi connectivity index (χ4n) is 2.28. The van der Waals surface area contributed by atoms with Gasteiger partial charge in [0, 0.05) is 0 Å². The van der Waals surface area contributed by atoms with Crippen LogP contribution in [-0.4, -0.2) is 36.3 Å². The van der Waals surface area contributed by atoms with Gasteiger partial charge in [0.2, 0.25) is 0 Å². The van der Waals surface area contributed by atoms with Gasteiger partial charge in [-0.3, -0.25) is 6.08 Å². The molecule has 0 aromatic rings. The quantitative estimate of drug-likeness (QED) is 0.190. The van der Waals surface area contributed by atoms with E-state index in [9.17, 15) is 0 Å². The molecule has 0 bridgehead atoms. The Hall–Kier alpha value is 0.0743. The zero-order chi connectivity index (χ0) is 25.4. The summed E-state index contributed by atoms with van der Waals surface area (Å²) in [5.74, 6) is 0. The van der Waals surface area contributed by atoms with Crippen molar-refractivity contribution < 1.29 is 21.7 Å². The summed E-state index contributed by atoms with van der Waals surface area (Å²) in [6.45, 7) is 26.1. The second-order valence-corrected chi connectivity index (χ2v) is 8.99. The molecule has 0 radical (unpaired) electrons. The predicted molar refractivity (Wildman–Crippen MR) is 150 cm³/mol. The molecule has 0 saturated carbocycles. The van der Waals surface area contributed by atoms with Crippen molar-refractivity contribution in [1.29, 1.82) is 0 Å². The summed E-state index contributed by atoms with van der Waals surface area (Å²) in [6.07, 6.45) is 17.0. The maximum absolute atomic E-state index is 4.51. The van der Waals surface area contributed by atoms with Crippen LogP contribution in [0.4, 0.5) is 0 Å². The Morgan fingerprint density at radius 3 is 0.879 bits per heavy atom. The summed E-state index contributed by atoms with van der Waals surface area (Å²) in [7, 11) is 0. The third kappa shape index (κ3) is 34.3. The van der Waals surface area contributed by atoms with Gasteiger partial charge in [0.25, 0.3) is 0 Å². The Labute approximate surface area is 225 Å². The Kier molecular flexibility index (Phi) is 36.7. The molecule has 0 spiro atoms. The Morgan fingerprint density at radius 2 is 0.788 bits per heavy atom. The maximum atomic E-state index is 4.51. The molecule has 0 N–H and O–H groups in total. The molecule has 3 nitrogen and oxygen atoms in total. The maximum Gasteiger partial charge on any atom is 4.00 e. The molecule has 6 unspecified atom stereocenters. The minimum absolute atomic E-state index is 0. The fourth-order valence-corrected chi connectivity index (χ4v) is 2.28. The van der Waals surface area contributed by atoms with Crippen molar-refractivity contribution in [2.45, 2.75) is 164 Å². The average molecular weight is 498 g/mol. The third-order valence-electron chi connectivity index (χ3n) is 5.66. The van der Waals surface area contributed by atoms with E-state index in [0.29, 0.717) is 36.3 Å². The molecule has 194 valence electrons. The van der Waals surface area contributed by atoms with Crippen LogP contribution in [-0.2, 0) is 21.7 Å². The minimum Gasteiger partial charge on any atom is -0.657 e. The molecule has 4 heteroatoms. The van der Waals surface area contributed by atoms with Crippen LogP contribution in [0.5, 0.6) is 0 Å². The molecule has 1 rings (SSSR count). The molecule has 0 aliphatic heterocycles. The van der Waals surface area contributed by atoms with E-state index in [4.69, 9.17) is 0 Å². The molecule has 6 atom stereocenters. The molecular weight excluding hydrogens is 438 g/mol. The molecule has 0 amide bonds. The molecule has 0 saturated heterocycles. The van der Waals surface area contributed by atoms with Gasteiger partial charge in [-0.25, -0.2) is 12.2 Å². The normalized spacial score (nSPS) is 16.8. The van der Waals surface area contributed by atoms with Gasteiger partial charge in [-0.15, -0.1) is 42.7 Å². The van der Waals surface area contributed by atoms with Crippen molar-refractivity contribution >= 4 is 0 Å². The van der Waals surface area contributed by atoms with Crippen LogP contribution >= 0.6 is 0 Å². The predicted octanol–water partition coefficient (Wildman–Crippen LogP) is 10.2. The van der Waals surface area contributed by atoms with Gasteiger partial charge in [0.1, 0.15) is 0 Å². The van der Waals surface area contributed by atoms with E-state index in [1.54, 1.807) is 0 Å². The first kappa shape index (κ1) is 40.3. The molecule has 0 aromatic carbocycles. The number of hydrogen-bond acceptors (Lipinski definition) is 0. The molecular formula is C29H59N3Ti. The van der Waals surface area contributed by atoms with Crippen molar-refractivity contribution in [3.05, 3.63) is 40.3 Å². The molecule has 33 heavy (non-hydrogen) atoms. The monoisotopic (exact) mass is 497 g/mol. The topological polar surface area (TPSA) is 42.3 Å². The van der Waals surface area contributed by atoms with Crippen LogP contribution in [0.2, 0.25) is 0 Å². The third-order valence-corrected chi connectivity index (χ3v) is 5.66. The van der Waals surface area contributed by atoms with Crippen LogP contribution in [0.15, 0.2) is 18.2 Å². The second kappa shape index (κ2) is 30.1. The Morgan fingerprint density at radius 1 is 0.545 bits per heavy atom. The Balaban J connectivity index is -0.000000171. The average Bonchev–Trinajstić information content (AvgIpc) is 3.39. The van der Waals surface area contributed by atoms with E-state index in [1.807, 2.05) is 12.2 Å². The van der Waals surface area contributed by atoms with Crippen molar-refractivity contribution in [1.82, 2.24) is 0 Å². The van der Waals surface area contributed by atoms with Crippen molar-refractivity contribution in [3.63, 3.8) is 0 Å². The van der Waals surface area contributed by atoms with Gasteiger partial charge in [0.05, 0.1) is 0 Å². The largest absolute Gasteiger partial charge is 4.00 e. The zero-order valence-corrected chi connectivity index (χ0v) is 26.0. The van der Waals surface area contributed by atoms with Gasteiger partial charge in [0.15, 0.2) is 0 Å². The van der Waals surface area contributed by atoms with E-state index in [1.165, 1.54) is 38.5 Å². The van der Waals surface area contributed by atoms with E-state index in [2.05, 4.69) is 111 Å². The molecule has 1 aliphatic carbocycles. The minimum atomic E-state index is 0. The summed E-state index contributed by atoms with van der Waals surface area (Å²) in [6, 6.07) is 3.33. The number of nitrogens with zero attached hydrogens (tertiary/aromatic N) is 3. The van der Waals surface area contributed by atoms with E-state index >= 15 is 0 Å². The first-order chi connectivity index (χ1) is 15.1. The second-order valence-electron chi connectivity index (χ2n) is 8.99.